The number of hydrogen-bond acceptors (Lipinski definition) is 8. The summed E-state index contributed by atoms with van der Waals surface area (Å²) in [4.78, 5) is 43.5. The summed E-state index contributed by atoms with van der Waals surface area (Å²) in [5.41, 5.74) is 0.927. The Balaban J connectivity index is 1.65. The maximum Gasteiger partial charge on any atom is 0.328 e. The zero-order chi connectivity index (χ0) is 22.1. The van der Waals surface area contributed by atoms with Gasteiger partial charge in [-0.15, -0.1) is 11.3 Å². The van der Waals surface area contributed by atoms with Gasteiger partial charge in [-0.3, -0.25) is 14.9 Å². The molecule has 2 aromatic rings. The number of aryl methyl sites for hydroxylation is 1. The Morgan fingerprint density at radius 3 is 2.77 bits per heavy atom. The molecular formula is C21H23N3O5S2. The molecule has 1 amide bonds. The van der Waals surface area contributed by atoms with Crippen molar-refractivity contribution in [3.05, 3.63) is 45.0 Å². The minimum absolute atomic E-state index is 0.0308. The Labute approximate surface area is 188 Å². The molecule has 31 heavy (non-hydrogen) atoms. The number of ether oxygens (including phenoxy) is 1. The lowest BCUT2D eigenvalue weighted by Gasteiger charge is -2.33. The number of aromatic nitrogens is 1. The first-order valence-corrected chi connectivity index (χ1v) is 11.9. The molecule has 1 saturated heterocycles. The molecule has 3 unspecified atom stereocenters. The highest BCUT2D eigenvalue weighted by molar-refractivity contribution is 8.01. The van der Waals surface area contributed by atoms with E-state index < -0.39 is 16.9 Å². The van der Waals surface area contributed by atoms with Gasteiger partial charge in [-0.05, 0) is 44.2 Å². The summed E-state index contributed by atoms with van der Waals surface area (Å²) in [5, 5.41) is 13.6. The van der Waals surface area contributed by atoms with E-state index in [-0.39, 0.29) is 29.1 Å². The van der Waals surface area contributed by atoms with Crippen LogP contribution in [0, 0.1) is 23.0 Å². The zero-order valence-electron chi connectivity index (χ0n) is 17.3. The summed E-state index contributed by atoms with van der Waals surface area (Å²) in [6.07, 6.45) is 4.49. The summed E-state index contributed by atoms with van der Waals surface area (Å²) >= 11 is 2.63. The molecular weight excluding hydrogens is 438 g/mol. The van der Waals surface area contributed by atoms with Crippen molar-refractivity contribution in [3.63, 3.8) is 0 Å². The van der Waals surface area contributed by atoms with Crippen LogP contribution in [0.3, 0.4) is 0 Å². The molecule has 1 aliphatic carbocycles. The van der Waals surface area contributed by atoms with Gasteiger partial charge in [-0.25, -0.2) is 9.78 Å². The standard InChI is InChI=1S/C21H23N3O5S2/c1-12-11-30-21(22-12)31-18-8-7-14(10-16(18)24(27)28)19(25)23-15-6-4-3-5-13(15)9-17(23)20(26)29-2/h7-8,10-11,13,15,17H,3-6,9H2,1-2H3. The van der Waals surface area contributed by atoms with Crippen LogP contribution in [-0.2, 0) is 9.53 Å². The van der Waals surface area contributed by atoms with Gasteiger partial charge in [-0.1, -0.05) is 24.6 Å². The second-order valence-electron chi connectivity index (χ2n) is 7.90. The zero-order valence-corrected chi connectivity index (χ0v) is 18.9. The quantitative estimate of drug-likeness (QED) is 0.368. The minimum Gasteiger partial charge on any atom is -0.467 e. The lowest BCUT2D eigenvalue weighted by atomic mass is 9.84. The van der Waals surface area contributed by atoms with Crippen LogP contribution in [0.25, 0.3) is 0 Å². The molecule has 1 aromatic carbocycles. The molecule has 0 radical (unpaired) electrons. The van der Waals surface area contributed by atoms with Gasteiger partial charge >= 0.3 is 5.97 Å². The van der Waals surface area contributed by atoms with Crippen molar-refractivity contribution in [2.45, 2.75) is 60.3 Å². The van der Waals surface area contributed by atoms with E-state index in [9.17, 15) is 19.7 Å². The molecule has 1 aromatic heterocycles. The summed E-state index contributed by atoms with van der Waals surface area (Å²) in [6.45, 7) is 1.86. The molecule has 0 spiro atoms. The molecule has 0 bridgehead atoms. The second kappa shape index (κ2) is 8.96. The first-order valence-electron chi connectivity index (χ1n) is 10.2. The number of hydrogen-bond donors (Lipinski definition) is 0. The number of likely N-dealkylation sites (tertiary alicyclic amines) is 1. The highest BCUT2D eigenvalue weighted by Crippen LogP contribution is 2.42. The van der Waals surface area contributed by atoms with Crippen molar-refractivity contribution >= 4 is 40.7 Å². The van der Waals surface area contributed by atoms with Crippen LogP contribution in [0.15, 0.2) is 32.8 Å². The summed E-state index contributed by atoms with van der Waals surface area (Å²) < 4.78 is 5.66. The van der Waals surface area contributed by atoms with Crippen LogP contribution in [0.2, 0.25) is 0 Å². The Bertz CT molecular complexity index is 1020. The molecule has 2 fully saturated rings. The fourth-order valence-corrected chi connectivity index (χ4v) is 6.48. The van der Waals surface area contributed by atoms with Crippen LogP contribution in [0.4, 0.5) is 5.69 Å². The summed E-state index contributed by atoms with van der Waals surface area (Å²) in [5.74, 6) is -0.516. The molecule has 4 rings (SSSR count). The Hall–Kier alpha value is -2.46. The van der Waals surface area contributed by atoms with Crippen LogP contribution in [0.5, 0.6) is 0 Å². The van der Waals surface area contributed by atoms with Gasteiger partial charge in [0.1, 0.15) is 6.04 Å². The summed E-state index contributed by atoms with van der Waals surface area (Å²) in [6, 6.07) is 3.83. The maximum absolute atomic E-state index is 13.5. The molecule has 164 valence electrons. The molecule has 10 heteroatoms. The highest BCUT2D eigenvalue weighted by Gasteiger charge is 2.48. The number of thiazole rings is 1. The van der Waals surface area contributed by atoms with Crippen molar-refractivity contribution in [2.75, 3.05) is 7.11 Å². The van der Waals surface area contributed by atoms with Crippen molar-refractivity contribution in [3.8, 4) is 0 Å². The average molecular weight is 462 g/mol. The topological polar surface area (TPSA) is 103 Å². The third kappa shape index (κ3) is 4.31. The maximum atomic E-state index is 13.5. The van der Waals surface area contributed by atoms with E-state index in [1.54, 1.807) is 17.0 Å². The lowest BCUT2D eigenvalue weighted by molar-refractivity contribution is -0.387. The number of nitrogens with zero attached hydrogens (tertiary/aromatic N) is 3. The van der Waals surface area contributed by atoms with Crippen molar-refractivity contribution in [1.29, 1.82) is 0 Å². The average Bonchev–Trinajstić information content (AvgIpc) is 3.36. The minimum atomic E-state index is -0.642. The van der Waals surface area contributed by atoms with E-state index in [0.29, 0.717) is 15.7 Å². The van der Waals surface area contributed by atoms with E-state index in [4.69, 9.17) is 4.74 Å². The van der Waals surface area contributed by atoms with E-state index >= 15 is 0 Å². The number of methoxy groups -OCH3 is 1. The fraction of sp³-hybridized carbons (Fsp3) is 0.476. The van der Waals surface area contributed by atoms with E-state index in [1.165, 1.54) is 36.3 Å². The normalized spacial score (nSPS) is 22.8. The van der Waals surface area contributed by atoms with Crippen LogP contribution in [0.1, 0.15) is 48.2 Å². The van der Waals surface area contributed by atoms with Gasteiger partial charge in [0.25, 0.3) is 11.6 Å². The third-order valence-electron chi connectivity index (χ3n) is 5.99. The lowest BCUT2D eigenvalue weighted by Crippen LogP contribution is -2.46. The monoisotopic (exact) mass is 461 g/mol. The number of nitro benzene ring substituents is 1. The van der Waals surface area contributed by atoms with Crippen molar-refractivity contribution in [2.24, 2.45) is 5.92 Å². The predicted octanol–water partition coefficient (Wildman–Crippen LogP) is 4.46. The number of esters is 1. The first kappa shape index (κ1) is 21.8. The predicted molar refractivity (Wildman–Crippen MR) is 116 cm³/mol. The number of fused-ring (bicyclic) bond motifs is 1. The molecule has 3 atom stereocenters. The molecule has 2 aliphatic rings. The third-order valence-corrected chi connectivity index (χ3v) is 8.12. The fourth-order valence-electron chi connectivity index (χ4n) is 4.60. The van der Waals surface area contributed by atoms with Gasteiger partial charge in [0, 0.05) is 28.7 Å². The Morgan fingerprint density at radius 2 is 2.10 bits per heavy atom. The van der Waals surface area contributed by atoms with Crippen molar-refractivity contribution in [1.82, 2.24) is 9.88 Å². The van der Waals surface area contributed by atoms with E-state index in [1.807, 2.05) is 12.3 Å². The molecule has 2 heterocycles. The van der Waals surface area contributed by atoms with Gasteiger partial charge < -0.3 is 9.64 Å². The van der Waals surface area contributed by atoms with Gasteiger partial charge in [0.05, 0.1) is 16.9 Å². The highest BCUT2D eigenvalue weighted by atomic mass is 32.2. The Morgan fingerprint density at radius 1 is 1.32 bits per heavy atom. The SMILES string of the molecule is COC(=O)C1CC2CCCCC2N1C(=O)c1ccc(Sc2nc(C)cs2)c([N+](=O)[O-])c1. The number of benzene rings is 1. The van der Waals surface area contributed by atoms with E-state index in [2.05, 4.69) is 4.98 Å². The number of amides is 1. The van der Waals surface area contributed by atoms with Crippen molar-refractivity contribution < 1.29 is 19.2 Å². The smallest absolute Gasteiger partial charge is 0.328 e. The number of carbonyl (C=O) groups excluding carboxylic acids is 2. The number of carbonyl (C=O) groups is 2. The van der Waals surface area contributed by atoms with Gasteiger partial charge in [-0.2, -0.15) is 0 Å². The van der Waals surface area contributed by atoms with E-state index in [0.717, 1.165) is 31.4 Å². The molecule has 8 nitrogen and oxygen atoms in total. The first-order chi connectivity index (χ1) is 14.9. The second-order valence-corrected chi connectivity index (χ2v) is 10.0. The number of rotatable bonds is 5. The van der Waals surface area contributed by atoms with Crippen LogP contribution in [-0.4, -0.2) is 45.9 Å². The summed E-state index contributed by atoms with van der Waals surface area (Å²) in [7, 11) is 1.32. The Kier molecular flexibility index (Phi) is 6.29. The van der Waals surface area contributed by atoms with Gasteiger partial charge in [0.2, 0.25) is 0 Å². The largest absolute Gasteiger partial charge is 0.467 e. The number of nitro groups is 1. The molecule has 0 N–H and O–H groups in total. The molecule has 1 aliphatic heterocycles. The van der Waals surface area contributed by atoms with Crippen LogP contribution < -0.4 is 0 Å². The molecule has 1 saturated carbocycles. The van der Waals surface area contributed by atoms with Crippen LogP contribution >= 0.6 is 23.1 Å². The van der Waals surface area contributed by atoms with Gasteiger partial charge in [0.15, 0.2) is 4.34 Å².